The van der Waals surface area contributed by atoms with Gasteiger partial charge in [0.15, 0.2) is 0 Å². The van der Waals surface area contributed by atoms with Crippen molar-refractivity contribution in [3.8, 4) is 0 Å². The third-order valence-corrected chi connectivity index (χ3v) is 5.01. The highest BCUT2D eigenvalue weighted by Gasteiger charge is 2.44. The van der Waals surface area contributed by atoms with Crippen molar-refractivity contribution in [2.24, 2.45) is 5.73 Å². The van der Waals surface area contributed by atoms with E-state index in [4.69, 9.17) is 5.73 Å². The minimum Gasteiger partial charge on any atom is -0.393 e. The fourth-order valence-corrected chi connectivity index (χ4v) is 3.08. The SMILES string of the molecule is Cc1ccc(C2(CN)CC(O)C2)c(C)c1Br. The number of halogens is 1. The Kier molecular flexibility index (Phi) is 3.12. The summed E-state index contributed by atoms with van der Waals surface area (Å²) in [6.45, 7) is 4.82. The summed E-state index contributed by atoms with van der Waals surface area (Å²) in [5.41, 5.74) is 9.69. The van der Waals surface area contributed by atoms with E-state index in [0.717, 1.165) is 12.8 Å². The molecule has 0 heterocycles. The van der Waals surface area contributed by atoms with Crippen LogP contribution in [0.1, 0.15) is 29.5 Å². The summed E-state index contributed by atoms with van der Waals surface area (Å²) in [6.07, 6.45) is 1.41. The minimum atomic E-state index is -0.178. The Balaban J connectivity index is 2.44. The number of rotatable bonds is 2. The monoisotopic (exact) mass is 283 g/mol. The summed E-state index contributed by atoms with van der Waals surface area (Å²) in [5.74, 6) is 0. The molecule has 1 saturated carbocycles. The number of nitrogens with two attached hydrogens (primary N) is 1. The summed E-state index contributed by atoms with van der Waals surface area (Å²) in [5, 5.41) is 9.52. The quantitative estimate of drug-likeness (QED) is 0.876. The van der Waals surface area contributed by atoms with Crippen LogP contribution in [-0.4, -0.2) is 17.8 Å². The van der Waals surface area contributed by atoms with Gasteiger partial charge in [-0.2, -0.15) is 0 Å². The molecule has 88 valence electrons. The number of aliphatic hydroxyl groups excluding tert-OH is 1. The van der Waals surface area contributed by atoms with Crippen LogP contribution in [0.2, 0.25) is 0 Å². The van der Waals surface area contributed by atoms with E-state index in [2.05, 4.69) is 41.9 Å². The predicted octanol–water partition coefficient (Wildman–Crippen LogP) is 2.42. The fourth-order valence-electron chi connectivity index (χ4n) is 2.73. The molecule has 0 spiro atoms. The Labute approximate surface area is 105 Å². The van der Waals surface area contributed by atoms with Gasteiger partial charge in [-0.15, -0.1) is 0 Å². The second-order valence-corrected chi connectivity index (χ2v) is 5.71. The number of hydrogen-bond donors (Lipinski definition) is 2. The molecule has 0 radical (unpaired) electrons. The van der Waals surface area contributed by atoms with Crippen molar-refractivity contribution in [2.75, 3.05) is 6.54 Å². The van der Waals surface area contributed by atoms with Gasteiger partial charge in [0.25, 0.3) is 0 Å². The van der Waals surface area contributed by atoms with Gasteiger partial charge in [-0.1, -0.05) is 28.1 Å². The molecule has 16 heavy (non-hydrogen) atoms. The molecule has 0 bridgehead atoms. The maximum absolute atomic E-state index is 9.52. The average molecular weight is 284 g/mol. The molecule has 0 atom stereocenters. The molecule has 1 fully saturated rings. The zero-order chi connectivity index (χ0) is 11.9. The fraction of sp³-hybridized carbons (Fsp3) is 0.538. The van der Waals surface area contributed by atoms with E-state index in [-0.39, 0.29) is 11.5 Å². The summed E-state index contributed by atoms with van der Waals surface area (Å²) >= 11 is 3.62. The van der Waals surface area contributed by atoms with Gasteiger partial charge in [0.05, 0.1) is 6.10 Å². The Morgan fingerprint density at radius 1 is 1.44 bits per heavy atom. The number of aryl methyl sites for hydroxylation is 1. The smallest absolute Gasteiger partial charge is 0.0558 e. The summed E-state index contributed by atoms with van der Waals surface area (Å²) in [7, 11) is 0. The van der Waals surface area contributed by atoms with Crippen LogP contribution < -0.4 is 5.73 Å². The van der Waals surface area contributed by atoms with Gasteiger partial charge in [0.1, 0.15) is 0 Å². The van der Waals surface area contributed by atoms with Crippen LogP contribution >= 0.6 is 15.9 Å². The van der Waals surface area contributed by atoms with Gasteiger partial charge in [0.2, 0.25) is 0 Å². The van der Waals surface area contributed by atoms with Gasteiger partial charge in [-0.25, -0.2) is 0 Å². The first-order valence-electron chi connectivity index (χ1n) is 5.64. The molecule has 0 unspecified atom stereocenters. The lowest BCUT2D eigenvalue weighted by Crippen LogP contribution is -2.50. The highest BCUT2D eigenvalue weighted by atomic mass is 79.9. The van der Waals surface area contributed by atoms with Crippen molar-refractivity contribution in [1.29, 1.82) is 0 Å². The molecule has 3 heteroatoms. The van der Waals surface area contributed by atoms with Crippen molar-refractivity contribution < 1.29 is 5.11 Å². The van der Waals surface area contributed by atoms with E-state index < -0.39 is 0 Å². The van der Waals surface area contributed by atoms with E-state index in [1.165, 1.54) is 21.2 Å². The van der Waals surface area contributed by atoms with Crippen LogP contribution in [0.5, 0.6) is 0 Å². The molecule has 3 N–H and O–H groups in total. The van der Waals surface area contributed by atoms with E-state index in [1.807, 2.05) is 0 Å². The Morgan fingerprint density at radius 2 is 2.06 bits per heavy atom. The molecular formula is C13H18BrNO. The van der Waals surface area contributed by atoms with E-state index in [9.17, 15) is 5.11 Å². The first-order valence-corrected chi connectivity index (χ1v) is 6.44. The van der Waals surface area contributed by atoms with E-state index in [0.29, 0.717) is 6.54 Å². The van der Waals surface area contributed by atoms with Crippen LogP contribution in [0, 0.1) is 13.8 Å². The van der Waals surface area contributed by atoms with E-state index >= 15 is 0 Å². The molecule has 0 aromatic heterocycles. The van der Waals surface area contributed by atoms with Gasteiger partial charge in [-0.05, 0) is 43.4 Å². The zero-order valence-electron chi connectivity index (χ0n) is 9.76. The number of benzene rings is 1. The standard InChI is InChI=1S/C13H18BrNO/c1-8-3-4-11(9(2)12(8)14)13(7-15)5-10(16)6-13/h3-4,10,16H,5-7,15H2,1-2H3. The normalized spacial score (nSPS) is 28.9. The van der Waals surface area contributed by atoms with Crippen molar-refractivity contribution in [3.63, 3.8) is 0 Å². The molecule has 2 rings (SSSR count). The van der Waals surface area contributed by atoms with Crippen LogP contribution in [0.4, 0.5) is 0 Å². The van der Waals surface area contributed by atoms with Gasteiger partial charge in [0, 0.05) is 16.4 Å². The highest BCUT2D eigenvalue weighted by Crippen LogP contribution is 2.45. The molecule has 1 aromatic carbocycles. The zero-order valence-corrected chi connectivity index (χ0v) is 11.3. The summed E-state index contributed by atoms with van der Waals surface area (Å²) in [4.78, 5) is 0. The molecule has 1 aromatic rings. The summed E-state index contributed by atoms with van der Waals surface area (Å²) in [6, 6.07) is 4.28. The largest absolute Gasteiger partial charge is 0.393 e. The van der Waals surface area contributed by atoms with E-state index in [1.54, 1.807) is 0 Å². The van der Waals surface area contributed by atoms with Crippen LogP contribution in [0.15, 0.2) is 16.6 Å². The topological polar surface area (TPSA) is 46.2 Å². The molecule has 0 amide bonds. The Morgan fingerprint density at radius 3 is 2.56 bits per heavy atom. The number of aliphatic hydroxyl groups is 1. The first kappa shape index (κ1) is 12.1. The molecule has 2 nitrogen and oxygen atoms in total. The van der Waals surface area contributed by atoms with Crippen LogP contribution in [-0.2, 0) is 5.41 Å². The molecule has 0 saturated heterocycles. The summed E-state index contributed by atoms with van der Waals surface area (Å²) < 4.78 is 1.17. The minimum absolute atomic E-state index is 0.000278. The van der Waals surface area contributed by atoms with Crippen molar-refractivity contribution in [2.45, 2.75) is 38.2 Å². The first-order chi connectivity index (χ1) is 7.50. The molecule has 0 aliphatic heterocycles. The molecule has 1 aliphatic rings. The van der Waals surface area contributed by atoms with Crippen molar-refractivity contribution >= 4 is 15.9 Å². The lowest BCUT2D eigenvalue weighted by molar-refractivity contribution is 0.0218. The lowest BCUT2D eigenvalue weighted by atomic mass is 9.62. The van der Waals surface area contributed by atoms with Gasteiger partial charge < -0.3 is 10.8 Å². The van der Waals surface area contributed by atoms with Crippen molar-refractivity contribution in [1.82, 2.24) is 0 Å². The van der Waals surface area contributed by atoms with Crippen LogP contribution in [0.3, 0.4) is 0 Å². The maximum atomic E-state index is 9.52. The predicted molar refractivity (Wildman–Crippen MR) is 69.6 cm³/mol. The third-order valence-electron chi connectivity index (χ3n) is 3.79. The number of hydrogen-bond acceptors (Lipinski definition) is 2. The average Bonchev–Trinajstić information content (AvgIpc) is 2.22. The van der Waals surface area contributed by atoms with Crippen LogP contribution in [0.25, 0.3) is 0 Å². The van der Waals surface area contributed by atoms with Crippen molar-refractivity contribution in [3.05, 3.63) is 33.3 Å². The Bertz CT molecular complexity index is 411. The maximum Gasteiger partial charge on any atom is 0.0558 e. The lowest BCUT2D eigenvalue weighted by Gasteiger charge is -2.46. The highest BCUT2D eigenvalue weighted by molar-refractivity contribution is 9.10. The molecule has 1 aliphatic carbocycles. The van der Waals surface area contributed by atoms with Gasteiger partial charge >= 0.3 is 0 Å². The second-order valence-electron chi connectivity index (χ2n) is 4.92. The second kappa shape index (κ2) is 4.13. The van der Waals surface area contributed by atoms with Gasteiger partial charge in [-0.3, -0.25) is 0 Å². The molecular weight excluding hydrogens is 266 g/mol. The Hall–Kier alpha value is -0.380. The third kappa shape index (κ3) is 1.71.